The topological polar surface area (TPSA) is 68.0 Å². The molecule has 2 heterocycles. The molecular weight excluding hydrogens is 226 g/mol. The second kappa shape index (κ2) is 3.71. The van der Waals surface area contributed by atoms with Gasteiger partial charge in [0.15, 0.2) is 5.69 Å². The smallest absolute Gasteiger partial charge is 0.355 e. The Balaban J connectivity index is 2.54. The summed E-state index contributed by atoms with van der Waals surface area (Å²) in [7, 11) is 1.86. The van der Waals surface area contributed by atoms with Crippen LogP contribution in [0.15, 0.2) is 5.38 Å². The van der Waals surface area contributed by atoms with Crippen molar-refractivity contribution >= 4 is 17.3 Å². The molecule has 0 aliphatic carbocycles. The number of aromatic carboxylic acids is 1. The Morgan fingerprint density at radius 1 is 1.50 bits per heavy atom. The van der Waals surface area contributed by atoms with Crippen LogP contribution in [-0.4, -0.2) is 25.8 Å². The van der Waals surface area contributed by atoms with Gasteiger partial charge >= 0.3 is 5.97 Å². The van der Waals surface area contributed by atoms with Crippen molar-refractivity contribution in [3.63, 3.8) is 0 Å². The molecule has 0 radical (unpaired) electrons. The Labute approximate surface area is 96.4 Å². The molecule has 0 atom stereocenters. The number of hydrogen-bond donors (Lipinski definition) is 1. The van der Waals surface area contributed by atoms with E-state index in [-0.39, 0.29) is 5.69 Å². The molecule has 0 aromatic carbocycles. The van der Waals surface area contributed by atoms with Crippen LogP contribution in [0.3, 0.4) is 0 Å². The van der Waals surface area contributed by atoms with E-state index in [1.807, 2.05) is 20.9 Å². The summed E-state index contributed by atoms with van der Waals surface area (Å²) < 4.78 is 1.77. The molecule has 0 bridgehead atoms. The van der Waals surface area contributed by atoms with Crippen LogP contribution in [0.25, 0.3) is 10.6 Å². The summed E-state index contributed by atoms with van der Waals surface area (Å²) >= 11 is 1.33. The molecule has 0 spiro atoms. The zero-order valence-corrected chi connectivity index (χ0v) is 10.00. The van der Waals surface area contributed by atoms with E-state index in [4.69, 9.17) is 5.11 Å². The van der Waals surface area contributed by atoms with Crippen molar-refractivity contribution < 1.29 is 9.90 Å². The summed E-state index contributed by atoms with van der Waals surface area (Å²) in [6.07, 6.45) is 0. The van der Waals surface area contributed by atoms with E-state index >= 15 is 0 Å². The molecule has 0 saturated heterocycles. The van der Waals surface area contributed by atoms with E-state index < -0.39 is 5.97 Å². The van der Waals surface area contributed by atoms with E-state index in [0.29, 0.717) is 5.01 Å². The fourth-order valence-electron chi connectivity index (χ4n) is 1.57. The van der Waals surface area contributed by atoms with Crippen molar-refractivity contribution in [2.45, 2.75) is 13.8 Å². The Hall–Kier alpha value is -1.69. The van der Waals surface area contributed by atoms with Crippen LogP contribution in [0, 0.1) is 13.8 Å². The SMILES string of the molecule is Cc1nn(C)c(C)c1-c1nc(C(=O)O)cs1. The van der Waals surface area contributed by atoms with Gasteiger partial charge in [0, 0.05) is 18.1 Å². The molecule has 0 unspecified atom stereocenters. The molecule has 2 aromatic heterocycles. The van der Waals surface area contributed by atoms with Gasteiger partial charge in [-0.15, -0.1) is 11.3 Å². The highest BCUT2D eigenvalue weighted by atomic mass is 32.1. The zero-order chi connectivity index (χ0) is 11.9. The van der Waals surface area contributed by atoms with Crippen molar-refractivity contribution in [2.75, 3.05) is 0 Å². The van der Waals surface area contributed by atoms with Gasteiger partial charge in [-0.05, 0) is 13.8 Å². The highest BCUT2D eigenvalue weighted by Gasteiger charge is 2.16. The van der Waals surface area contributed by atoms with Gasteiger partial charge in [0.25, 0.3) is 0 Å². The van der Waals surface area contributed by atoms with Crippen molar-refractivity contribution in [3.05, 3.63) is 22.5 Å². The van der Waals surface area contributed by atoms with Gasteiger partial charge in [-0.2, -0.15) is 5.10 Å². The first-order valence-corrected chi connectivity index (χ1v) is 5.58. The Kier molecular flexibility index (Phi) is 2.51. The van der Waals surface area contributed by atoms with E-state index in [1.54, 1.807) is 10.1 Å². The summed E-state index contributed by atoms with van der Waals surface area (Å²) in [5, 5.41) is 15.3. The number of carboxylic acids is 1. The lowest BCUT2D eigenvalue weighted by Gasteiger charge is -1.96. The van der Waals surface area contributed by atoms with Gasteiger partial charge in [0.2, 0.25) is 0 Å². The zero-order valence-electron chi connectivity index (χ0n) is 9.18. The van der Waals surface area contributed by atoms with Gasteiger partial charge in [-0.3, -0.25) is 4.68 Å². The number of nitrogens with zero attached hydrogens (tertiary/aromatic N) is 3. The Morgan fingerprint density at radius 2 is 2.19 bits per heavy atom. The molecule has 84 valence electrons. The Bertz CT molecular complexity index is 556. The van der Waals surface area contributed by atoms with E-state index in [9.17, 15) is 4.79 Å². The maximum atomic E-state index is 10.7. The molecule has 0 amide bonds. The number of rotatable bonds is 2. The first-order valence-electron chi connectivity index (χ1n) is 4.70. The van der Waals surface area contributed by atoms with Gasteiger partial charge in [0.05, 0.1) is 11.3 Å². The standard InChI is InChI=1S/C10H11N3O2S/c1-5-8(6(2)13(3)12-5)9-11-7(4-16-9)10(14)15/h4H,1-3H3,(H,14,15). The normalized spacial score (nSPS) is 10.7. The van der Waals surface area contributed by atoms with Gasteiger partial charge in [-0.25, -0.2) is 9.78 Å². The lowest BCUT2D eigenvalue weighted by atomic mass is 10.2. The van der Waals surface area contributed by atoms with Crippen molar-refractivity contribution in [1.29, 1.82) is 0 Å². The summed E-state index contributed by atoms with van der Waals surface area (Å²) in [6, 6.07) is 0. The fraction of sp³-hybridized carbons (Fsp3) is 0.300. The van der Waals surface area contributed by atoms with Crippen molar-refractivity contribution in [2.24, 2.45) is 7.05 Å². The Morgan fingerprint density at radius 3 is 2.62 bits per heavy atom. The van der Waals surface area contributed by atoms with Crippen LogP contribution in [0.2, 0.25) is 0 Å². The maximum Gasteiger partial charge on any atom is 0.355 e. The van der Waals surface area contributed by atoms with Gasteiger partial charge in [-0.1, -0.05) is 0 Å². The first-order chi connectivity index (χ1) is 7.50. The van der Waals surface area contributed by atoms with Crippen LogP contribution in [0.5, 0.6) is 0 Å². The molecular formula is C10H11N3O2S. The summed E-state index contributed by atoms with van der Waals surface area (Å²) in [6.45, 7) is 3.83. The molecule has 0 aliphatic rings. The van der Waals surface area contributed by atoms with E-state index in [1.165, 1.54) is 11.3 Å². The first kappa shape index (κ1) is 10.8. The van der Waals surface area contributed by atoms with Crippen LogP contribution in [0.1, 0.15) is 21.9 Å². The predicted molar refractivity (Wildman–Crippen MR) is 60.7 cm³/mol. The largest absolute Gasteiger partial charge is 0.476 e. The maximum absolute atomic E-state index is 10.7. The minimum atomic E-state index is -0.998. The highest BCUT2D eigenvalue weighted by Crippen LogP contribution is 2.29. The number of thiazole rings is 1. The average Bonchev–Trinajstić information content (AvgIpc) is 2.74. The molecule has 0 aliphatic heterocycles. The molecule has 0 saturated carbocycles. The summed E-state index contributed by atoms with van der Waals surface area (Å²) in [5.41, 5.74) is 2.87. The lowest BCUT2D eigenvalue weighted by molar-refractivity contribution is 0.0691. The van der Waals surface area contributed by atoms with Gasteiger partial charge in [0.1, 0.15) is 5.01 Å². The molecule has 5 nitrogen and oxygen atoms in total. The van der Waals surface area contributed by atoms with E-state index in [2.05, 4.69) is 10.1 Å². The van der Waals surface area contributed by atoms with Crippen LogP contribution in [-0.2, 0) is 7.05 Å². The second-order valence-electron chi connectivity index (χ2n) is 3.51. The van der Waals surface area contributed by atoms with E-state index in [0.717, 1.165) is 17.0 Å². The highest BCUT2D eigenvalue weighted by molar-refractivity contribution is 7.13. The third-order valence-corrected chi connectivity index (χ3v) is 3.31. The average molecular weight is 237 g/mol. The number of hydrogen-bond acceptors (Lipinski definition) is 4. The molecule has 2 rings (SSSR count). The minimum Gasteiger partial charge on any atom is -0.476 e. The van der Waals surface area contributed by atoms with Crippen LogP contribution in [0.4, 0.5) is 0 Å². The van der Waals surface area contributed by atoms with Crippen LogP contribution < -0.4 is 0 Å². The van der Waals surface area contributed by atoms with Crippen molar-refractivity contribution in [3.8, 4) is 10.6 Å². The summed E-state index contributed by atoms with van der Waals surface area (Å²) in [5.74, 6) is -0.998. The summed E-state index contributed by atoms with van der Waals surface area (Å²) in [4.78, 5) is 14.8. The second-order valence-corrected chi connectivity index (χ2v) is 4.37. The quantitative estimate of drug-likeness (QED) is 0.865. The fourth-order valence-corrected chi connectivity index (χ4v) is 2.51. The third kappa shape index (κ3) is 1.61. The van der Waals surface area contributed by atoms with Crippen molar-refractivity contribution in [1.82, 2.24) is 14.8 Å². The number of carbonyl (C=O) groups is 1. The van der Waals surface area contributed by atoms with Crippen LogP contribution >= 0.6 is 11.3 Å². The predicted octanol–water partition coefficient (Wildman–Crippen LogP) is 1.86. The molecule has 6 heteroatoms. The monoisotopic (exact) mass is 237 g/mol. The molecule has 16 heavy (non-hydrogen) atoms. The molecule has 0 fully saturated rings. The number of aromatic nitrogens is 3. The van der Waals surface area contributed by atoms with Gasteiger partial charge < -0.3 is 5.11 Å². The number of carboxylic acid groups (broad SMARTS) is 1. The third-order valence-electron chi connectivity index (χ3n) is 2.45. The molecule has 1 N–H and O–H groups in total. The number of aryl methyl sites for hydroxylation is 2. The minimum absolute atomic E-state index is 0.0858. The molecule has 2 aromatic rings. The lowest BCUT2D eigenvalue weighted by Crippen LogP contribution is -1.96.